The van der Waals surface area contributed by atoms with Gasteiger partial charge in [0.1, 0.15) is 16.3 Å². The summed E-state index contributed by atoms with van der Waals surface area (Å²) in [7, 11) is 0. The third-order valence-electron chi connectivity index (χ3n) is 4.15. The van der Waals surface area contributed by atoms with Gasteiger partial charge in [0.15, 0.2) is 0 Å². The zero-order valence-electron chi connectivity index (χ0n) is 13.0. The van der Waals surface area contributed by atoms with Gasteiger partial charge in [-0.2, -0.15) is 0 Å². The van der Waals surface area contributed by atoms with E-state index in [1.165, 1.54) is 5.69 Å². The van der Waals surface area contributed by atoms with Crippen LogP contribution in [-0.2, 0) is 6.54 Å². The number of piperazine rings is 1. The van der Waals surface area contributed by atoms with Crippen LogP contribution in [0.5, 0.6) is 0 Å². The quantitative estimate of drug-likeness (QED) is 0.735. The molecule has 0 aliphatic carbocycles. The molecule has 1 saturated heterocycles. The van der Waals surface area contributed by atoms with Crippen LogP contribution in [0.15, 0.2) is 30.7 Å². The summed E-state index contributed by atoms with van der Waals surface area (Å²) in [5.74, 6) is 0. The van der Waals surface area contributed by atoms with E-state index in [0.717, 1.165) is 53.6 Å². The van der Waals surface area contributed by atoms with Gasteiger partial charge in [-0.1, -0.05) is 0 Å². The molecule has 0 saturated carbocycles. The Bertz CT molecular complexity index is 809. The third kappa shape index (κ3) is 3.16. The van der Waals surface area contributed by atoms with Crippen LogP contribution in [-0.4, -0.2) is 51.2 Å². The number of hydrogen-bond acceptors (Lipinski definition) is 7. The van der Waals surface area contributed by atoms with Crippen LogP contribution < -0.4 is 4.90 Å². The Hall–Kier alpha value is -2.12. The van der Waals surface area contributed by atoms with E-state index in [4.69, 9.17) is 0 Å². The zero-order valence-corrected chi connectivity index (χ0v) is 13.8. The van der Waals surface area contributed by atoms with Crippen LogP contribution in [0.4, 0.5) is 5.69 Å². The highest BCUT2D eigenvalue weighted by Gasteiger charge is 2.18. The van der Waals surface area contributed by atoms with Gasteiger partial charge in [0.05, 0.1) is 12.1 Å². The molecule has 0 atom stereocenters. The second-order valence-corrected chi connectivity index (χ2v) is 7.01. The van der Waals surface area contributed by atoms with Gasteiger partial charge in [-0.05, 0) is 25.1 Å². The van der Waals surface area contributed by atoms with Crippen molar-refractivity contribution in [3.63, 3.8) is 0 Å². The maximum Gasteiger partial charge on any atom is 0.131 e. The summed E-state index contributed by atoms with van der Waals surface area (Å²) in [4.78, 5) is 13.3. The number of hydrogen-bond donors (Lipinski definition) is 0. The number of aromatic nitrogens is 4. The summed E-state index contributed by atoms with van der Waals surface area (Å²) in [5, 5.41) is 11.6. The summed E-state index contributed by atoms with van der Waals surface area (Å²) in [5.41, 5.74) is 2.24. The Morgan fingerprint density at radius 1 is 1.13 bits per heavy atom. The Labute approximate surface area is 138 Å². The molecular weight excluding hydrogens is 308 g/mol. The van der Waals surface area contributed by atoms with Crippen LogP contribution in [0.3, 0.4) is 0 Å². The monoisotopic (exact) mass is 326 g/mol. The molecule has 0 unspecified atom stereocenters. The van der Waals surface area contributed by atoms with E-state index in [1.54, 1.807) is 17.7 Å². The van der Waals surface area contributed by atoms with E-state index in [1.807, 2.05) is 13.1 Å². The van der Waals surface area contributed by atoms with Gasteiger partial charge in [0.2, 0.25) is 0 Å². The molecule has 3 heterocycles. The van der Waals surface area contributed by atoms with E-state index in [-0.39, 0.29) is 0 Å². The van der Waals surface area contributed by atoms with E-state index >= 15 is 0 Å². The number of benzene rings is 1. The molecule has 23 heavy (non-hydrogen) atoms. The first-order valence-electron chi connectivity index (χ1n) is 7.74. The number of fused-ring (bicyclic) bond motifs is 1. The highest BCUT2D eigenvalue weighted by atomic mass is 32.1. The maximum atomic E-state index is 4.28. The fourth-order valence-corrected chi connectivity index (χ4v) is 3.68. The molecule has 0 bridgehead atoms. The molecule has 118 valence electrons. The zero-order chi connectivity index (χ0) is 15.6. The van der Waals surface area contributed by atoms with Gasteiger partial charge >= 0.3 is 0 Å². The van der Waals surface area contributed by atoms with E-state index in [0.29, 0.717) is 0 Å². The fourth-order valence-electron chi connectivity index (χ4n) is 2.93. The largest absolute Gasteiger partial charge is 0.369 e. The molecule has 0 spiro atoms. The van der Waals surface area contributed by atoms with Crippen LogP contribution in [0.1, 0.15) is 10.0 Å². The van der Waals surface area contributed by atoms with Gasteiger partial charge in [0.25, 0.3) is 0 Å². The lowest BCUT2D eigenvalue weighted by molar-refractivity contribution is 0.249. The molecule has 0 amide bonds. The average Bonchev–Trinajstić information content (AvgIpc) is 3.00. The Morgan fingerprint density at radius 2 is 2.00 bits per heavy atom. The molecule has 7 heteroatoms. The van der Waals surface area contributed by atoms with Crippen molar-refractivity contribution in [3.8, 4) is 0 Å². The van der Waals surface area contributed by atoms with Crippen molar-refractivity contribution < 1.29 is 0 Å². The minimum Gasteiger partial charge on any atom is -0.369 e. The van der Waals surface area contributed by atoms with Crippen molar-refractivity contribution in [1.29, 1.82) is 0 Å². The smallest absolute Gasteiger partial charge is 0.131 e. The minimum absolute atomic E-state index is 0.908. The standard InChI is InChI=1S/C16H18N6S/c1-12-19-20-16(23-12)10-21-4-6-22(7-5-21)14-2-3-15-13(8-14)9-17-11-18-15/h2-3,8-9,11H,4-7,10H2,1H3. The van der Waals surface area contributed by atoms with Gasteiger partial charge in [-0.25, -0.2) is 9.97 Å². The first-order valence-corrected chi connectivity index (χ1v) is 8.56. The average molecular weight is 326 g/mol. The van der Waals surface area contributed by atoms with Crippen molar-refractivity contribution in [2.24, 2.45) is 0 Å². The van der Waals surface area contributed by atoms with Crippen LogP contribution >= 0.6 is 11.3 Å². The van der Waals surface area contributed by atoms with Crippen LogP contribution in [0.2, 0.25) is 0 Å². The van der Waals surface area contributed by atoms with Crippen LogP contribution in [0.25, 0.3) is 10.9 Å². The van der Waals surface area contributed by atoms with Gasteiger partial charge in [0, 0.05) is 43.4 Å². The second-order valence-electron chi connectivity index (χ2n) is 5.74. The molecule has 0 radical (unpaired) electrons. The van der Waals surface area contributed by atoms with Crippen molar-refractivity contribution in [2.45, 2.75) is 13.5 Å². The lowest BCUT2D eigenvalue weighted by Gasteiger charge is -2.35. The highest BCUT2D eigenvalue weighted by Crippen LogP contribution is 2.22. The first kappa shape index (κ1) is 14.5. The first-order chi connectivity index (χ1) is 11.3. The van der Waals surface area contributed by atoms with Crippen molar-refractivity contribution in [3.05, 3.63) is 40.7 Å². The second kappa shape index (κ2) is 6.17. The normalized spacial score (nSPS) is 16.1. The predicted molar refractivity (Wildman–Crippen MR) is 91.7 cm³/mol. The Morgan fingerprint density at radius 3 is 2.78 bits per heavy atom. The summed E-state index contributed by atoms with van der Waals surface area (Å²) in [6.07, 6.45) is 3.47. The van der Waals surface area contributed by atoms with Crippen molar-refractivity contribution in [2.75, 3.05) is 31.1 Å². The van der Waals surface area contributed by atoms with E-state index < -0.39 is 0 Å². The molecule has 4 rings (SSSR count). The molecule has 1 fully saturated rings. The van der Waals surface area contributed by atoms with Crippen LogP contribution in [0, 0.1) is 6.92 Å². The third-order valence-corrected chi connectivity index (χ3v) is 4.98. The minimum atomic E-state index is 0.908. The number of rotatable bonds is 3. The van der Waals surface area contributed by atoms with Gasteiger partial charge in [-0.15, -0.1) is 21.5 Å². The number of nitrogens with zero attached hydrogens (tertiary/aromatic N) is 6. The molecule has 1 aliphatic heterocycles. The Balaban J connectivity index is 1.42. The van der Waals surface area contributed by atoms with E-state index in [9.17, 15) is 0 Å². The van der Waals surface area contributed by atoms with Crippen molar-refractivity contribution in [1.82, 2.24) is 25.1 Å². The molecule has 6 nitrogen and oxygen atoms in total. The molecule has 0 N–H and O–H groups in total. The molecular formula is C16H18N6S. The topological polar surface area (TPSA) is 58.0 Å². The summed E-state index contributed by atoms with van der Waals surface area (Å²) in [6.45, 7) is 7.05. The van der Waals surface area contributed by atoms with E-state index in [2.05, 4.69) is 48.2 Å². The number of aryl methyl sites for hydroxylation is 1. The summed E-state index contributed by atoms with van der Waals surface area (Å²) < 4.78 is 0. The Kier molecular flexibility index (Phi) is 3.88. The highest BCUT2D eigenvalue weighted by molar-refractivity contribution is 7.11. The maximum absolute atomic E-state index is 4.28. The summed E-state index contributed by atoms with van der Waals surface area (Å²) >= 11 is 1.69. The molecule has 1 aliphatic rings. The van der Waals surface area contributed by atoms with Gasteiger partial charge < -0.3 is 4.90 Å². The predicted octanol–water partition coefficient (Wildman–Crippen LogP) is 2.11. The van der Waals surface area contributed by atoms with Gasteiger partial charge in [-0.3, -0.25) is 4.90 Å². The molecule has 2 aromatic heterocycles. The summed E-state index contributed by atoms with van der Waals surface area (Å²) in [6, 6.07) is 6.40. The molecule has 3 aromatic rings. The lowest BCUT2D eigenvalue weighted by Crippen LogP contribution is -2.45. The fraction of sp³-hybridized carbons (Fsp3) is 0.375. The number of anilines is 1. The van der Waals surface area contributed by atoms with Crippen molar-refractivity contribution >= 4 is 27.9 Å². The molecule has 1 aromatic carbocycles. The SMILES string of the molecule is Cc1nnc(CN2CCN(c3ccc4ncncc4c3)CC2)s1. The lowest BCUT2D eigenvalue weighted by atomic mass is 10.2.